The third kappa shape index (κ3) is 4.41. The molecule has 0 saturated heterocycles. The fraction of sp³-hybridized carbons (Fsp3) is 0.190. The number of carbonyl (C=O) groups excluding carboxylic acids is 1. The van der Waals surface area contributed by atoms with Gasteiger partial charge in [-0.15, -0.1) is 0 Å². The smallest absolute Gasteiger partial charge is 0.325 e. The number of para-hydroxylation sites is 1. The molecule has 6 nitrogen and oxygen atoms in total. The van der Waals surface area contributed by atoms with Crippen molar-refractivity contribution in [3.8, 4) is 5.75 Å². The number of hydrogen-bond donors (Lipinski definition) is 2. The van der Waals surface area contributed by atoms with Crippen molar-refractivity contribution in [2.24, 2.45) is 0 Å². The van der Waals surface area contributed by atoms with Crippen molar-refractivity contribution in [1.82, 2.24) is 10.3 Å². The summed E-state index contributed by atoms with van der Waals surface area (Å²) in [5.74, 6) is -0.897. The predicted octanol–water partition coefficient (Wildman–Crippen LogP) is 3.33. The van der Waals surface area contributed by atoms with Crippen LogP contribution in [0.25, 0.3) is 10.9 Å². The first-order chi connectivity index (χ1) is 12.9. The molecule has 0 bridgehead atoms. The number of rotatable bonds is 6. The second-order valence-electron chi connectivity index (χ2n) is 6.29. The lowest BCUT2D eigenvalue weighted by molar-refractivity contribution is -0.138. The van der Waals surface area contributed by atoms with Crippen LogP contribution in [0, 0.1) is 6.92 Å². The van der Waals surface area contributed by atoms with Gasteiger partial charge in [0.1, 0.15) is 18.4 Å². The van der Waals surface area contributed by atoms with Gasteiger partial charge in [0, 0.05) is 22.2 Å². The van der Waals surface area contributed by atoms with Crippen molar-refractivity contribution in [3.63, 3.8) is 0 Å². The molecule has 27 heavy (non-hydrogen) atoms. The molecule has 138 valence electrons. The number of pyridine rings is 1. The lowest BCUT2D eigenvalue weighted by Gasteiger charge is -2.11. The Morgan fingerprint density at radius 3 is 2.56 bits per heavy atom. The summed E-state index contributed by atoms with van der Waals surface area (Å²) >= 11 is 0. The number of fused-ring (bicyclic) bond motifs is 1. The molecule has 2 N–H and O–H groups in total. The van der Waals surface area contributed by atoms with E-state index in [0.717, 1.165) is 22.2 Å². The first kappa shape index (κ1) is 18.4. The van der Waals surface area contributed by atoms with Crippen LogP contribution in [0.4, 0.5) is 0 Å². The zero-order valence-corrected chi connectivity index (χ0v) is 15.1. The van der Waals surface area contributed by atoms with Crippen LogP contribution >= 0.6 is 0 Å². The van der Waals surface area contributed by atoms with Crippen LogP contribution in [0.5, 0.6) is 5.75 Å². The Morgan fingerprint density at radius 1 is 1.15 bits per heavy atom. The number of carboxylic acids is 1. The Labute approximate surface area is 156 Å². The van der Waals surface area contributed by atoms with Gasteiger partial charge < -0.3 is 15.2 Å². The minimum Gasteiger partial charge on any atom is -0.489 e. The monoisotopic (exact) mass is 364 g/mol. The minimum absolute atomic E-state index is 0.376. The van der Waals surface area contributed by atoms with Crippen molar-refractivity contribution >= 4 is 22.8 Å². The maximum Gasteiger partial charge on any atom is 0.325 e. The normalized spacial score (nSPS) is 11.8. The maximum atomic E-state index is 12.0. The average molecular weight is 364 g/mol. The summed E-state index contributed by atoms with van der Waals surface area (Å²) in [5.41, 5.74) is 3.26. The Hall–Kier alpha value is -3.41. The Morgan fingerprint density at radius 2 is 1.85 bits per heavy atom. The zero-order chi connectivity index (χ0) is 19.4. The summed E-state index contributed by atoms with van der Waals surface area (Å²) < 4.78 is 5.86. The largest absolute Gasteiger partial charge is 0.489 e. The molecule has 1 aromatic heterocycles. The second kappa shape index (κ2) is 7.86. The number of aliphatic carboxylic acids is 1. The third-order valence-electron chi connectivity index (χ3n) is 4.16. The first-order valence-corrected chi connectivity index (χ1v) is 8.56. The van der Waals surface area contributed by atoms with Crippen LogP contribution in [-0.2, 0) is 11.4 Å². The molecule has 0 saturated carbocycles. The molecule has 0 aliphatic rings. The summed E-state index contributed by atoms with van der Waals surface area (Å²) in [7, 11) is 0. The third-order valence-corrected chi connectivity index (χ3v) is 4.16. The molecule has 0 radical (unpaired) electrons. The standard InChI is InChI=1S/C21H20N2O4/c1-13-11-16(18-5-3-4-6-19(18)22-13)12-27-17-9-7-15(8-10-17)20(24)23-14(2)21(25)26/h3-11,14H,12H2,1-2H3,(H,23,24)(H,25,26). The average Bonchev–Trinajstić information content (AvgIpc) is 2.66. The summed E-state index contributed by atoms with van der Waals surface area (Å²) in [6, 6.07) is 15.5. The summed E-state index contributed by atoms with van der Waals surface area (Å²) in [6.07, 6.45) is 0. The van der Waals surface area contributed by atoms with E-state index < -0.39 is 17.9 Å². The van der Waals surface area contributed by atoms with E-state index in [1.54, 1.807) is 24.3 Å². The summed E-state index contributed by atoms with van der Waals surface area (Å²) in [4.78, 5) is 27.3. The summed E-state index contributed by atoms with van der Waals surface area (Å²) in [5, 5.41) is 12.3. The molecule has 1 amide bonds. The van der Waals surface area contributed by atoms with Gasteiger partial charge in [0.2, 0.25) is 0 Å². The van der Waals surface area contributed by atoms with Gasteiger partial charge in [-0.3, -0.25) is 14.6 Å². The van der Waals surface area contributed by atoms with Gasteiger partial charge >= 0.3 is 5.97 Å². The van der Waals surface area contributed by atoms with E-state index in [-0.39, 0.29) is 0 Å². The molecule has 0 aliphatic heterocycles. The lowest BCUT2D eigenvalue weighted by atomic mass is 10.1. The molecule has 1 heterocycles. The van der Waals surface area contributed by atoms with Crippen LogP contribution in [0.1, 0.15) is 28.5 Å². The first-order valence-electron chi connectivity index (χ1n) is 8.56. The lowest BCUT2D eigenvalue weighted by Crippen LogP contribution is -2.38. The molecule has 0 aliphatic carbocycles. The van der Waals surface area contributed by atoms with E-state index >= 15 is 0 Å². The van der Waals surface area contributed by atoms with Crippen LogP contribution in [0.3, 0.4) is 0 Å². The molecule has 6 heteroatoms. The van der Waals surface area contributed by atoms with E-state index in [4.69, 9.17) is 9.84 Å². The highest BCUT2D eigenvalue weighted by Crippen LogP contribution is 2.21. The fourth-order valence-electron chi connectivity index (χ4n) is 2.72. The maximum absolute atomic E-state index is 12.0. The van der Waals surface area contributed by atoms with E-state index in [1.807, 2.05) is 37.3 Å². The molecule has 1 atom stereocenters. The van der Waals surface area contributed by atoms with Crippen molar-refractivity contribution in [2.45, 2.75) is 26.5 Å². The molecule has 3 rings (SSSR count). The Balaban J connectivity index is 1.69. The SMILES string of the molecule is Cc1cc(COc2ccc(C(=O)NC(C)C(=O)O)cc2)c2ccccc2n1. The van der Waals surface area contributed by atoms with E-state index in [1.165, 1.54) is 6.92 Å². The highest BCUT2D eigenvalue weighted by atomic mass is 16.5. The van der Waals surface area contributed by atoms with E-state index in [2.05, 4.69) is 10.3 Å². The van der Waals surface area contributed by atoms with Crippen molar-refractivity contribution < 1.29 is 19.4 Å². The molecule has 2 aromatic carbocycles. The number of nitrogens with one attached hydrogen (secondary N) is 1. The van der Waals surface area contributed by atoms with Crippen molar-refractivity contribution in [1.29, 1.82) is 0 Å². The quantitative estimate of drug-likeness (QED) is 0.700. The van der Waals surface area contributed by atoms with Crippen LogP contribution in [0.15, 0.2) is 54.6 Å². The minimum atomic E-state index is -1.08. The van der Waals surface area contributed by atoms with Crippen molar-refractivity contribution in [3.05, 3.63) is 71.4 Å². The van der Waals surface area contributed by atoms with Crippen LogP contribution in [-0.4, -0.2) is 28.0 Å². The molecular formula is C21H20N2O4. The number of aromatic nitrogens is 1. The van der Waals surface area contributed by atoms with Gasteiger partial charge in [-0.2, -0.15) is 0 Å². The number of carboxylic acid groups (broad SMARTS) is 1. The molecular weight excluding hydrogens is 344 g/mol. The number of nitrogens with zero attached hydrogens (tertiary/aromatic N) is 1. The summed E-state index contributed by atoms with van der Waals surface area (Å²) in [6.45, 7) is 3.74. The molecule has 1 unspecified atom stereocenters. The topological polar surface area (TPSA) is 88.5 Å². The Kier molecular flexibility index (Phi) is 5.35. The van der Waals surface area contributed by atoms with Gasteiger partial charge in [-0.05, 0) is 50.2 Å². The highest BCUT2D eigenvalue weighted by molar-refractivity contribution is 5.96. The molecule has 3 aromatic rings. The number of carbonyl (C=O) groups is 2. The fourth-order valence-corrected chi connectivity index (χ4v) is 2.72. The van der Waals surface area contributed by atoms with Gasteiger partial charge in [-0.25, -0.2) is 0 Å². The Bertz CT molecular complexity index is 983. The van der Waals surface area contributed by atoms with E-state index in [9.17, 15) is 9.59 Å². The zero-order valence-electron chi connectivity index (χ0n) is 15.1. The number of amides is 1. The molecule has 0 fully saturated rings. The van der Waals surface area contributed by atoms with Crippen LogP contribution in [0.2, 0.25) is 0 Å². The molecule has 0 spiro atoms. The number of aryl methyl sites for hydroxylation is 1. The number of benzene rings is 2. The highest BCUT2D eigenvalue weighted by Gasteiger charge is 2.15. The predicted molar refractivity (Wildman–Crippen MR) is 102 cm³/mol. The van der Waals surface area contributed by atoms with Gasteiger partial charge in [0.05, 0.1) is 5.52 Å². The van der Waals surface area contributed by atoms with Gasteiger partial charge in [0.25, 0.3) is 5.91 Å². The van der Waals surface area contributed by atoms with Gasteiger partial charge in [0.15, 0.2) is 0 Å². The number of hydrogen-bond acceptors (Lipinski definition) is 4. The number of ether oxygens (including phenoxy) is 1. The van der Waals surface area contributed by atoms with Crippen LogP contribution < -0.4 is 10.1 Å². The van der Waals surface area contributed by atoms with E-state index in [0.29, 0.717) is 17.9 Å². The second-order valence-corrected chi connectivity index (χ2v) is 6.29. The van der Waals surface area contributed by atoms with Gasteiger partial charge in [-0.1, -0.05) is 18.2 Å². The van der Waals surface area contributed by atoms with Crippen molar-refractivity contribution in [2.75, 3.05) is 0 Å².